The van der Waals surface area contributed by atoms with Gasteiger partial charge in [-0.15, -0.1) is 0 Å². The fourth-order valence-corrected chi connectivity index (χ4v) is 1.44. The highest BCUT2D eigenvalue weighted by Crippen LogP contribution is 2.27. The Bertz CT molecular complexity index is 481. The number of benzene rings is 1. The number of nitrogen functional groups attached to an aromatic ring is 1. The predicted octanol–water partition coefficient (Wildman–Crippen LogP) is 3.04. The van der Waals surface area contributed by atoms with E-state index in [9.17, 15) is 9.18 Å². The minimum Gasteiger partial charge on any atom is -0.465 e. The van der Waals surface area contributed by atoms with E-state index in [1.807, 2.05) is 27.7 Å². The van der Waals surface area contributed by atoms with Crippen LogP contribution in [0.2, 0.25) is 0 Å². The summed E-state index contributed by atoms with van der Waals surface area (Å²) >= 11 is 0. The number of carbonyl (C=O) groups is 1. The van der Waals surface area contributed by atoms with Gasteiger partial charge in [0.05, 0.1) is 18.4 Å². The highest BCUT2D eigenvalue weighted by atomic mass is 19.1. The summed E-state index contributed by atoms with van der Waals surface area (Å²) < 4.78 is 18.5. The Labute approximate surface area is 113 Å². The Morgan fingerprint density at radius 3 is 2.47 bits per heavy atom. The first kappa shape index (κ1) is 15.3. The lowest BCUT2D eigenvalue weighted by Crippen LogP contribution is -2.31. The van der Waals surface area contributed by atoms with Crippen molar-refractivity contribution in [3.8, 4) is 0 Å². The molecule has 3 N–H and O–H groups in total. The minimum absolute atomic E-state index is 0.0242. The zero-order chi connectivity index (χ0) is 14.8. The van der Waals surface area contributed by atoms with Crippen LogP contribution in [0.25, 0.3) is 0 Å². The summed E-state index contributed by atoms with van der Waals surface area (Å²) in [5.74, 6) is -1.06. The summed E-state index contributed by atoms with van der Waals surface area (Å²) in [6, 6.07) is 2.54. The van der Waals surface area contributed by atoms with Crippen LogP contribution in [0.4, 0.5) is 15.8 Å². The van der Waals surface area contributed by atoms with Crippen molar-refractivity contribution < 1.29 is 13.9 Å². The monoisotopic (exact) mass is 268 g/mol. The molecule has 1 aromatic carbocycles. The zero-order valence-electron chi connectivity index (χ0n) is 12.0. The van der Waals surface area contributed by atoms with Gasteiger partial charge in [0.25, 0.3) is 0 Å². The number of ether oxygens (including phenoxy) is 1. The van der Waals surface area contributed by atoms with Gasteiger partial charge in [0.2, 0.25) is 0 Å². The van der Waals surface area contributed by atoms with Gasteiger partial charge in [-0.1, -0.05) is 20.8 Å². The molecule has 0 aliphatic heterocycles. The van der Waals surface area contributed by atoms with Crippen LogP contribution in [-0.2, 0) is 4.74 Å². The smallest absolute Gasteiger partial charge is 0.340 e. The fourth-order valence-electron chi connectivity index (χ4n) is 1.44. The number of carbonyl (C=O) groups excluding carboxylic acids is 1. The summed E-state index contributed by atoms with van der Waals surface area (Å²) in [5.41, 5.74) is 6.05. The predicted molar refractivity (Wildman–Crippen MR) is 74.7 cm³/mol. The molecule has 0 fully saturated rings. The third-order valence-corrected chi connectivity index (χ3v) is 3.22. The first-order chi connectivity index (χ1) is 8.66. The Morgan fingerprint density at radius 2 is 2.00 bits per heavy atom. The van der Waals surface area contributed by atoms with Crippen LogP contribution >= 0.6 is 0 Å². The summed E-state index contributed by atoms with van der Waals surface area (Å²) in [7, 11) is 1.26. The summed E-state index contributed by atoms with van der Waals surface area (Å²) in [4.78, 5) is 11.5. The Morgan fingerprint density at radius 1 is 1.42 bits per heavy atom. The highest BCUT2D eigenvalue weighted by Gasteiger charge is 2.22. The lowest BCUT2D eigenvalue weighted by atomic mass is 9.88. The summed E-state index contributed by atoms with van der Waals surface area (Å²) in [5, 5.41) is 3.06. The first-order valence-corrected chi connectivity index (χ1v) is 6.10. The molecule has 0 bridgehead atoms. The van der Waals surface area contributed by atoms with Crippen molar-refractivity contribution in [1.82, 2.24) is 0 Å². The van der Waals surface area contributed by atoms with Crippen LogP contribution in [0.1, 0.15) is 38.1 Å². The summed E-state index contributed by atoms with van der Waals surface area (Å²) in [6.07, 6.45) is 0. The van der Waals surface area contributed by atoms with E-state index in [1.165, 1.54) is 13.2 Å². The molecular formula is C14H21FN2O2. The van der Waals surface area contributed by atoms with Crippen molar-refractivity contribution in [2.24, 2.45) is 5.41 Å². The molecule has 106 valence electrons. The van der Waals surface area contributed by atoms with Crippen molar-refractivity contribution in [2.75, 3.05) is 18.2 Å². The van der Waals surface area contributed by atoms with Crippen molar-refractivity contribution >= 4 is 17.3 Å². The number of methoxy groups -OCH3 is 1. The van der Waals surface area contributed by atoms with Crippen molar-refractivity contribution in [3.05, 3.63) is 23.5 Å². The number of anilines is 2. The van der Waals surface area contributed by atoms with E-state index in [0.717, 1.165) is 6.07 Å². The molecule has 5 heteroatoms. The lowest BCUT2D eigenvalue weighted by Gasteiger charge is -2.29. The second-order valence-corrected chi connectivity index (χ2v) is 5.64. The zero-order valence-corrected chi connectivity index (χ0v) is 12.0. The number of rotatable bonds is 3. The SMILES string of the molecule is COC(=O)c1cc(NC(C)C(C)(C)C)c(F)cc1N. The van der Waals surface area contributed by atoms with Crippen LogP contribution in [0.3, 0.4) is 0 Å². The molecule has 0 radical (unpaired) electrons. The van der Waals surface area contributed by atoms with Gasteiger partial charge in [0.1, 0.15) is 5.82 Å². The average molecular weight is 268 g/mol. The van der Waals surface area contributed by atoms with Gasteiger partial charge in [-0.2, -0.15) is 0 Å². The first-order valence-electron chi connectivity index (χ1n) is 6.10. The van der Waals surface area contributed by atoms with Crippen molar-refractivity contribution in [3.63, 3.8) is 0 Å². The molecule has 1 aromatic rings. The minimum atomic E-state index is -0.580. The molecule has 0 aliphatic rings. The highest BCUT2D eigenvalue weighted by molar-refractivity contribution is 5.96. The Kier molecular flexibility index (Phi) is 4.39. The number of esters is 1. The van der Waals surface area contributed by atoms with Crippen LogP contribution in [0, 0.1) is 11.2 Å². The molecule has 0 saturated heterocycles. The maximum atomic E-state index is 13.9. The van der Waals surface area contributed by atoms with Crippen LogP contribution < -0.4 is 11.1 Å². The van der Waals surface area contributed by atoms with Gasteiger partial charge < -0.3 is 15.8 Å². The van der Waals surface area contributed by atoms with Gasteiger partial charge in [-0.25, -0.2) is 9.18 Å². The van der Waals surface area contributed by atoms with Gasteiger partial charge in [0, 0.05) is 11.7 Å². The number of halogens is 1. The van der Waals surface area contributed by atoms with E-state index in [2.05, 4.69) is 10.1 Å². The number of hydrogen-bond acceptors (Lipinski definition) is 4. The molecule has 1 atom stereocenters. The van der Waals surface area contributed by atoms with Gasteiger partial charge >= 0.3 is 5.97 Å². The number of nitrogens with one attached hydrogen (secondary N) is 1. The van der Waals surface area contributed by atoms with Gasteiger partial charge in [0.15, 0.2) is 0 Å². The maximum Gasteiger partial charge on any atom is 0.340 e. The second-order valence-electron chi connectivity index (χ2n) is 5.64. The van der Waals surface area contributed by atoms with E-state index in [4.69, 9.17) is 5.73 Å². The molecule has 0 heterocycles. The largest absolute Gasteiger partial charge is 0.465 e. The average Bonchev–Trinajstić information content (AvgIpc) is 2.30. The number of nitrogens with two attached hydrogens (primary N) is 1. The van der Waals surface area contributed by atoms with Crippen molar-refractivity contribution in [2.45, 2.75) is 33.7 Å². The molecule has 0 aliphatic carbocycles. The molecule has 0 spiro atoms. The Hall–Kier alpha value is -1.78. The Balaban J connectivity index is 3.12. The molecule has 1 unspecified atom stereocenters. The van der Waals surface area contributed by atoms with Crippen LogP contribution in [0.5, 0.6) is 0 Å². The third kappa shape index (κ3) is 3.59. The van der Waals surface area contributed by atoms with E-state index in [-0.39, 0.29) is 28.4 Å². The van der Waals surface area contributed by atoms with Gasteiger partial charge in [-0.3, -0.25) is 0 Å². The quantitative estimate of drug-likeness (QED) is 0.653. The summed E-state index contributed by atoms with van der Waals surface area (Å²) in [6.45, 7) is 8.08. The topological polar surface area (TPSA) is 64.3 Å². The van der Waals surface area contributed by atoms with Crippen LogP contribution in [-0.4, -0.2) is 19.1 Å². The standard InChI is InChI=1S/C14H21FN2O2/c1-8(14(2,3)4)17-12-6-9(13(18)19-5)11(16)7-10(12)15/h6-8,17H,16H2,1-5H3. The number of hydrogen-bond donors (Lipinski definition) is 2. The van der Waals surface area contributed by atoms with E-state index < -0.39 is 11.8 Å². The molecular weight excluding hydrogens is 247 g/mol. The van der Waals surface area contributed by atoms with E-state index >= 15 is 0 Å². The normalized spacial score (nSPS) is 12.9. The molecule has 1 rings (SSSR count). The molecule has 0 amide bonds. The van der Waals surface area contributed by atoms with Crippen molar-refractivity contribution in [1.29, 1.82) is 0 Å². The van der Waals surface area contributed by atoms with Gasteiger partial charge in [-0.05, 0) is 24.5 Å². The lowest BCUT2D eigenvalue weighted by molar-refractivity contribution is 0.0602. The second kappa shape index (κ2) is 5.47. The third-order valence-electron chi connectivity index (χ3n) is 3.22. The van der Waals surface area contributed by atoms with E-state index in [0.29, 0.717) is 0 Å². The fraction of sp³-hybridized carbons (Fsp3) is 0.500. The molecule has 0 saturated carbocycles. The maximum absolute atomic E-state index is 13.9. The molecule has 19 heavy (non-hydrogen) atoms. The molecule has 4 nitrogen and oxygen atoms in total. The van der Waals surface area contributed by atoms with Crippen LogP contribution in [0.15, 0.2) is 12.1 Å². The molecule has 0 aromatic heterocycles. The van der Waals surface area contributed by atoms with E-state index in [1.54, 1.807) is 0 Å².